The maximum absolute atomic E-state index is 11.4. The third-order valence-electron chi connectivity index (χ3n) is 2.59. The van der Waals surface area contributed by atoms with E-state index in [0.29, 0.717) is 6.54 Å². The Kier molecular flexibility index (Phi) is 3.51. The van der Waals surface area contributed by atoms with Crippen LogP contribution in [0, 0.1) is 0 Å². The molecular weight excluding hydrogens is 210 g/mol. The normalized spacial score (nSPS) is 16.3. The zero-order valence-corrected chi connectivity index (χ0v) is 9.68. The third kappa shape index (κ3) is 2.65. The topological polar surface area (TPSA) is 29.5 Å². The van der Waals surface area contributed by atoms with Crippen molar-refractivity contribution in [2.75, 3.05) is 26.8 Å². The van der Waals surface area contributed by atoms with Crippen molar-refractivity contribution >= 4 is 17.1 Å². The first kappa shape index (κ1) is 10.8. The molecule has 2 heterocycles. The number of hydrogen-bond acceptors (Lipinski definition) is 4. The predicted molar refractivity (Wildman–Crippen MR) is 60.2 cm³/mol. The standard InChI is InChI=1S/C11H15NO2S/c1-14-8-10(13)7-12-4-2-11-9(6-12)3-5-15-11/h3,5H,2,4,6-8H2,1H3. The molecule has 82 valence electrons. The molecule has 1 aliphatic rings. The van der Waals surface area contributed by atoms with Crippen LogP contribution >= 0.6 is 11.3 Å². The second-order valence-electron chi connectivity index (χ2n) is 3.80. The Morgan fingerprint density at radius 1 is 1.67 bits per heavy atom. The van der Waals surface area contributed by atoms with Crippen molar-refractivity contribution in [1.82, 2.24) is 4.90 Å². The summed E-state index contributed by atoms with van der Waals surface area (Å²) < 4.78 is 4.83. The summed E-state index contributed by atoms with van der Waals surface area (Å²) in [5.74, 6) is 0.163. The van der Waals surface area contributed by atoms with Gasteiger partial charge in [0.2, 0.25) is 0 Å². The van der Waals surface area contributed by atoms with Crippen molar-refractivity contribution in [3.05, 3.63) is 21.9 Å². The molecule has 0 aliphatic carbocycles. The van der Waals surface area contributed by atoms with Crippen molar-refractivity contribution in [1.29, 1.82) is 0 Å². The lowest BCUT2D eigenvalue weighted by molar-refractivity contribution is -0.124. The fourth-order valence-electron chi connectivity index (χ4n) is 1.90. The fourth-order valence-corrected chi connectivity index (χ4v) is 2.79. The first-order valence-electron chi connectivity index (χ1n) is 5.08. The number of fused-ring (bicyclic) bond motifs is 1. The highest BCUT2D eigenvalue weighted by molar-refractivity contribution is 7.10. The van der Waals surface area contributed by atoms with Crippen LogP contribution in [-0.2, 0) is 22.5 Å². The molecule has 2 rings (SSSR count). The molecule has 1 aliphatic heterocycles. The van der Waals surface area contributed by atoms with Gasteiger partial charge in [0.25, 0.3) is 0 Å². The van der Waals surface area contributed by atoms with Gasteiger partial charge in [0.15, 0.2) is 5.78 Å². The van der Waals surface area contributed by atoms with Gasteiger partial charge in [-0.15, -0.1) is 11.3 Å². The van der Waals surface area contributed by atoms with E-state index < -0.39 is 0 Å². The summed E-state index contributed by atoms with van der Waals surface area (Å²) >= 11 is 1.82. The van der Waals surface area contributed by atoms with Gasteiger partial charge in [-0.1, -0.05) is 0 Å². The van der Waals surface area contributed by atoms with E-state index in [4.69, 9.17) is 4.74 Å². The largest absolute Gasteiger partial charge is 0.377 e. The number of rotatable bonds is 4. The first-order valence-corrected chi connectivity index (χ1v) is 5.96. The van der Waals surface area contributed by atoms with Crippen LogP contribution in [0.1, 0.15) is 10.4 Å². The molecule has 4 heteroatoms. The molecule has 0 atom stereocenters. The molecule has 0 amide bonds. The maximum Gasteiger partial charge on any atom is 0.172 e. The van der Waals surface area contributed by atoms with Crippen LogP contribution < -0.4 is 0 Å². The highest BCUT2D eigenvalue weighted by atomic mass is 32.1. The van der Waals surface area contributed by atoms with E-state index in [9.17, 15) is 4.79 Å². The van der Waals surface area contributed by atoms with Crippen LogP contribution in [0.2, 0.25) is 0 Å². The third-order valence-corrected chi connectivity index (χ3v) is 3.62. The average Bonchev–Trinajstić information content (AvgIpc) is 2.65. The number of carbonyl (C=O) groups is 1. The van der Waals surface area contributed by atoms with Crippen LogP contribution in [0.4, 0.5) is 0 Å². The Morgan fingerprint density at radius 3 is 3.33 bits per heavy atom. The number of ether oxygens (including phenoxy) is 1. The molecule has 1 aromatic rings. The molecule has 3 nitrogen and oxygen atoms in total. The Hall–Kier alpha value is -0.710. The molecule has 0 saturated carbocycles. The molecule has 1 aromatic heterocycles. The zero-order chi connectivity index (χ0) is 10.7. The highest BCUT2D eigenvalue weighted by Crippen LogP contribution is 2.23. The number of methoxy groups -OCH3 is 1. The molecule has 0 radical (unpaired) electrons. The molecule has 15 heavy (non-hydrogen) atoms. The lowest BCUT2D eigenvalue weighted by Crippen LogP contribution is -2.35. The summed E-state index contributed by atoms with van der Waals surface area (Å²) in [7, 11) is 1.56. The molecule has 0 saturated heterocycles. The van der Waals surface area contributed by atoms with Gasteiger partial charge < -0.3 is 4.74 Å². The molecule has 0 N–H and O–H groups in total. The van der Waals surface area contributed by atoms with Crippen molar-refractivity contribution in [2.24, 2.45) is 0 Å². The van der Waals surface area contributed by atoms with Crippen molar-refractivity contribution < 1.29 is 9.53 Å². The van der Waals surface area contributed by atoms with Crippen LogP contribution in [-0.4, -0.2) is 37.5 Å². The average molecular weight is 225 g/mol. The lowest BCUT2D eigenvalue weighted by atomic mass is 10.1. The SMILES string of the molecule is COCC(=O)CN1CCc2sccc2C1. The summed E-state index contributed by atoms with van der Waals surface area (Å²) in [6.45, 7) is 2.65. The van der Waals surface area contributed by atoms with E-state index in [2.05, 4.69) is 16.3 Å². The first-order chi connectivity index (χ1) is 7.29. The Bertz CT molecular complexity index is 348. The van der Waals surface area contributed by atoms with Gasteiger partial charge in [0, 0.05) is 25.1 Å². The summed E-state index contributed by atoms with van der Waals surface area (Å²) in [4.78, 5) is 15.1. The fraction of sp³-hybridized carbons (Fsp3) is 0.545. The van der Waals surface area contributed by atoms with E-state index in [1.54, 1.807) is 7.11 Å². The Morgan fingerprint density at radius 2 is 2.53 bits per heavy atom. The van der Waals surface area contributed by atoms with E-state index in [1.165, 1.54) is 10.4 Å². The van der Waals surface area contributed by atoms with Crippen molar-refractivity contribution in [3.63, 3.8) is 0 Å². The Balaban J connectivity index is 1.90. The number of ketones is 1. The monoisotopic (exact) mass is 225 g/mol. The van der Waals surface area contributed by atoms with E-state index in [-0.39, 0.29) is 12.4 Å². The molecule has 0 unspecified atom stereocenters. The number of hydrogen-bond donors (Lipinski definition) is 0. The van der Waals surface area contributed by atoms with Gasteiger partial charge in [-0.2, -0.15) is 0 Å². The second-order valence-corrected chi connectivity index (χ2v) is 4.80. The van der Waals surface area contributed by atoms with Gasteiger partial charge in [-0.25, -0.2) is 0 Å². The predicted octanol–water partition coefficient (Wildman–Crippen LogP) is 1.32. The molecule has 0 aromatic carbocycles. The minimum absolute atomic E-state index is 0.163. The molecular formula is C11H15NO2S. The van der Waals surface area contributed by atoms with Crippen molar-refractivity contribution in [3.8, 4) is 0 Å². The number of carbonyl (C=O) groups excluding carboxylic acids is 1. The molecule has 0 spiro atoms. The minimum Gasteiger partial charge on any atom is -0.377 e. The van der Waals surface area contributed by atoms with Gasteiger partial charge >= 0.3 is 0 Å². The summed E-state index contributed by atoms with van der Waals surface area (Å²) in [6.07, 6.45) is 1.08. The van der Waals surface area contributed by atoms with Crippen LogP contribution in [0.15, 0.2) is 11.4 Å². The van der Waals surface area contributed by atoms with Crippen molar-refractivity contribution in [2.45, 2.75) is 13.0 Å². The number of Topliss-reactive ketones (excluding diaryl/α,β-unsaturated/α-hetero) is 1. The quantitative estimate of drug-likeness (QED) is 0.774. The molecule has 0 bridgehead atoms. The second kappa shape index (κ2) is 4.88. The van der Waals surface area contributed by atoms with Gasteiger partial charge in [0.1, 0.15) is 6.61 Å². The lowest BCUT2D eigenvalue weighted by Gasteiger charge is -2.25. The number of thiophene rings is 1. The molecule has 0 fully saturated rings. The summed E-state index contributed by atoms with van der Waals surface area (Å²) in [5.41, 5.74) is 1.39. The van der Waals surface area contributed by atoms with Gasteiger partial charge in [-0.3, -0.25) is 9.69 Å². The zero-order valence-electron chi connectivity index (χ0n) is 8.86. The van der Waals surface area contributed by atoms with Gasteiger partial charge in [0.05, 0.1) is 6.54 Å². The summed E-state index contributed by atoms with van der Waals surface area (Å²) in [6, 6.07) is 2.16. The van der Waals surface area contributed by atoms with E-state index in [1.807, 2.05) is 11.3 Å². The number of nitrogens with zero attached hydrogens (tertiary/aromatic N) is 1. The summed E-state index contributed by atoms with van der Waals surface area (Å²) in [5, 5.41) is 2.13. The van der Waals surface area contributed by atoms with E-state index >= 15 is 0 Å². The van der Waals surface area contributed by atoms with Crippen LogP contribution in [0.3, 0.4) is 0 Å². The van der Waals surface area contributed by atoms with Crippen LogP contribution in [0.25, 0.3) is 0 Å². The highest BCUT2D eigenvalue weighted by Gasteiger charge is 2.18. The maximum atomic E-state index is 11.4. The minimum atomic E-state index is 0.163. The van der Waals surface area contributed by atoms with E-state index in [0.717, 1.165) is 19.5 Å². The van der Waals surface area contributed by atoms with Gasteiger partial charge in [-0.05, 0) is 23.4 Å². The van der Waals surface area contributed by atoms with Crippen LogP contribution in [0.5, 0.6) is 0 Å². The smallest absolute Gasteiger partial charge is 0.172 e. The Labute approximate surface area is 93.7 Å².